The van der Waals surface area contributed by atoms with E-state index in [1.54, 1.807) is 0 Å². The van der Waals surface area contributed by atoms with Crippen molar-refractivity contribution in [3.05, 3.63) is 108 Å². The van der Waals surface area contributed by atoms with Gasteiger partial charge in [-0.25, -0.2) is 0 Å². The lowest BCUT2D eigenvalue weighted by molar-refractivity contribution is -0.129. The number of hydrogen-bond acceptors (Lipinski definition) is 2. The highest BCUT2D eigenvalue weighted by atomic mass is 16.2. The summed E-state index contributed by atoms with van der Waals surface area (Å²) in [6.45, 7) is 2.39. The number of amides is 2. The first kappa shape index (κ1) is 20.3. The molecule has 0 saturated heterocycles. The van der Waals surface area contributed by atoms with Gasteiger partial charge in [-0.1, -0.05) is 91.0 Å². The summed E-state index contributed by atoms with van der Waals surface area (Å²) in [7, 11) is 0. The molecule has 0 aliphatic rings. The molecule has 4 heteroatoms. The molecular weight excluding hydrogens is 360 g/mol. The van der Waals surface area contributed by atoms with Crippen molar-refractivity contribution >= 4 is 11.8 Å². The molecule has 1 atom stereocenters. The zero-order chi connectivity index (χ0) is 20.5. The van der Waals surface area contributed by atoms with Gasteiger partial charge >= 0.3 is 0 Å². The summed E-state index contributed by atoms with van der Waals surface area (Å²) >= 11 is 0. The van der Waals surface area contributed by atoms with Gasteiger partial charge in [-0.05, 0) is 23.6 Å². The van der Waals surface area contributed by atoms with Crippen molar-refractivity contribution in [2.75, 3.05) is 6.54 Å². The van der Waals surface area contributed by atoms with Crippen LogP contribution >= 0.6 is 0 Å². The molecule has 0 heterocycles. The first-order valence-corrected chi connectivity index (χ1v) is 9.91. The normalized spacial score (nSPS) is 11.7. The van der Waals surface area contributed by atoms with Crippen LogP contribution in [0.3, 0.4) is 0 Å². The molecule has 0 saturated carbocycles. The van der Waals surface area contributed by atoms with Gasteiger partial charge in [-0.2, -0.15) is 0 Å². The highest BCUT2D eigenvalue weighted by Gasteiger charge is 2.27. The Morgan fingerprint density at radius 2 is 1.21 bits per heavy atom. The summed E-state index contributed by atoms with van der Waals surface area (Å²) in [5, 5.41) is 5.83. The van der Waals surface area contributed by atoms with E-state index in [1.165, 1.54) is 0 Å². The van der Waals surface area contributed by atoms with Gasteiger partial charge in [0.15, 0.2) is 0 Å². The third-order valence-corrected chi connectivity index (χ3v) is 4.79. The van der Waals surface area contributed by atoms with Crippen LogP contribution in [0.2, 0.25) is 0 Å². The molecule has 0 radical (unpaired) electrons. The van der Waals surface area contributed by atoms with Crippen LogP contribution in [-0.2, 0) is 16.0 Å². The van der Waals surface area contributed by atoms with Gasteiger partial charge in [0.2, 0.25) is 11.8 Å². The fourth-order valence-electron chi connectivity index (χ4n) is 3.40. The first-order chi connectivity index (χ1) is 14.2. The second kappa shape index (κ2) is 10.2. The number of benzene rings is 3. The Hall–Kier alpha value is -3.40. The van der Waals surface area contributed by atoms with Gasteiger partial charge in [-0.3, -0.25) is 9.59 Å². The third-order valence-electron chi connectivity index (χ3n) is 4.79. The van der Waals surface area contributed by atoms with Gasteiger partial charge in [0.1, 0.15) is 6.04 Å². The average molecular weight is 386 g/mol. The Morgan fingerprint density at radius 3 is 1.69 bits per heavy atom. The molecular formula is C25H26N2O2. The van der Waals surface area contributed by atoms with E-state index in [4.69, 9.17) is 0 Å². The quantitative estimate of drug-likeness (QED) is 0.620. The van der Waals surface area contributed by atoms with Crippen molar-refractivity contribution in [2.24, 2.45) is 0 Å². The van der Waals surface area contributed by atoms with Gasteiger partial charge < -0.3 is 10.6 Å². The van der Waals surface area contributed by atoms with Gasteiger partial charge in [0.05, 0.1) is 5.92 Å². The molecule has 3 aromatic rings. The molecule has 2 amide bonds. The zero-order valence-corrected chi connectivity index (χ0v) is 16.5. The van der Waals surface area contributed by atoms with E-state index in [2.05, 4.69) is 10.6 Å². The number of hydrogen-bond donors (Lipinski definition) is 2. The highest BCUT2D eigenvalue weighted by molar-refractivity contribution is 5.92. The lowest BCUT2D eigenvalue weighted by atomic mass is 9.90. The first-order valence-electron chi connectivity index (χ1n) is 9.91. The maximum Gasteiger partial charge on any atom is 0.242 e. The molecule has 148 valence electrons. The van der Waals surface area contributed by atoms with Crippen molar-refractivity contribution in [2.45, 2.75) is 25.3 Å². The molecule has 0 bridgehead atoms. The van der Waals surface area contributed by atoms with E-state index in [0.717, 1.165) is 16.7 Å². The summed E-state index contributed by atoms with van der Waals surface area (Å²) in [6.07, 6.45) is 0.439. The lowest BCUT2D eigenvalue weighted by Gasteiger charge is -2.23. The van der Waals surface area contributed by atoms with Crippen LogP contribution in [0.4, 0.5) is 0 Å². The van der Waals surface area contributed by atoms with Gasteiger partial charge in [0, 0.05) is 13.0 Å². The molecule has 2 N–H and O–H groups in total. The van der Waals surface area contributed by atoms with Crippen molar-refractivity contribution in [3.63, 3.8) is 0 Å². The Bertz CT molecular complexity index is 872. The van der Waals surface area contributed by atoms with Crippen LogP contribution in [0.5, 0.6) is 0 Å². The van der Waals surface area contributed by atoms with Crippen LogP contribution in [0, 0.1) is 0 Å². The molecule has 0 aliphatic carbocycles. The average Bonchev–Trinajstić information content (AvgIpc) is 2.76. The number of nitrogens with one attached hydrogen (secondary N) is 2. The second-order valence-corrected chi connectivity index (χ2v) is 6.90. The third kappa shape index (κ3) is 5.55. The molecule has 0 unspecified atom stereocenters. The highest BCUT2D eigenvalue weighted by Crippen LogP contribution is 2.25. The van der Waals surface area contributed by atoms with E-state index in [9.17, 15) is 9.59 Å². The van der Waals surface area contributed by atoms with Gasteiger partial charge in [0.25, 0.3) is 0 Å². The van der Waals surface area contributed by atoms with Crippen LogP contribution in [0.1, 0.15) is 29.5 Å². The molecule has 0 spiro atoms. The number of carbonyl (C=O) groups is 2. The minimum Gasteiger partial charge on any atom is -0.355 e. The topological polar surface area (TPSA) is 58.2 Å². The van der Waals surface area contributed by atoms with Gasteiger partial charge in [-0.15, -0.1) is 0 Å². The van der Waals surface area contributed by atoms with Crippen LogP contribution < -0.4 is 10.6 Å². The number of likely N-dealkylation sites (N-methyl/N-ethyl adjacent to an activating group) is 1. The summed E-state index contributed by atoms with van der Waals surface area (Å²) in [6, 6.07) is 28.4. The summed E-state index contributed by atoms with van der Waals surface area (Å²) in [5.41, 5.74) is 2.79. The summed E-state index contributed by atoms with van der Waals surface area (Å²) in [5.74, 6) is -0.843. The minimum absolute atomic E-state index is 0.176. The lowest BCUT2D eigenvalue weighted by Crippen LogP contribution is -2.49. The fraction of sp³-hybridized carbons (Fsp3) is 0.200. The molecule has 4 nitrogen and oxygen atoms in total. The molecule has 0 aliphatic heterocycles. The van der Waals surface area contributed by atoms with Crippen molar-refractivity contribution in [1.82, 2.24) is 10.6 Å². The van der Waals surface area contributed by atoms with Crippen molar-refractivity contribution in [1.29, 1.82) is 0 Å². The fourth-order valence-corrected chi connectivity index (χ4v) is 3.40. The minimum atomic E-state index is -0.639. The Morgan fingerprint density at radius 1 is 0.724 bits per heavy atom. The number of rotatable bonds is 8. The van der Waals surface area contributed by atoms with Crippen LogP contribution in [0.15, 0.2) is 91.0 Å². The van der Waals surface area contributed by atoms with Crippen molar-refractivity contribution < 1.29 is 9.59 Å². The van der Waals surface area contributed by atoms with E-state index in [1.807, 2.05) is 97.9 Å². The standard InChI is InChI=1S/C25H26N2O2/c1-2-26-24(28)22(18-19-12-6-3-7-13-19)27-25(29)23(20-14-8-4-9-15-20)21-16-10-5-11-17-21/h3-17,22-23H,2,18H2,1H3,(H,26,28)(H,27,29)/t22-/m0/s1. The molecule has 0 aromatic heterocycles. The maximum atomic E-state index is 13.4. The molecule has 3 rings (SSSR count). The summed E-state index contributed by atoms with van der Waals surface area (Å²) in [4.78, 5) is 26.0. The van der Waals surface area contributed by atoms with E-state index in [-0.39, 0.29) is 11.8 Å². The van der Waals surface area contributed by atoms with Crippen LogP contribution in [0.25, 0.3) is 0 Å². The second-order valence-electron chi connectivity index (χ2n) is 6.90. The zero-order valence-electron chi connectivity index (χ0n) is 16.5. The smallest absolute Gasteiger partial charge is 0.242 e. The van der Waals surface area contributed by atoms with Crippen LogP contribution in [-0.4, -0.2) is 24.4 Å². The Labute approximate surface area is 172 Å². The maximum absolute atomic E-state index is 13.4. The Kier molecular flexibility index (Phi) is 7.17. The van der Waals surface area contributed by atoms with E-state index < -0.39 is 12.0 Å². The molecule has 0 fully saturated rings. The van der Waals surface area contributed by atoms with E-state index >= 15 is 0 Å². The monoisotopic (exact) mass is 386 g/mol. The SMILES string of the molecule is CCNC(=O)[C@H](Cc1ccccc1)NC(=O)C(c1ccccc1)c1ccccc1. The molecule has 29 heavy (non-hydrogen) atoms. The van der Waals surface area contributed by atoms with E-state index in [0.29, 0.717) is 13.0 Å². The largest absolute Gasteiger partial charge is 0.355 e. The predicted octanol–water partition coefficient (Wildman–Crippen LogP) is 3.68. The van der Waals surface area contributed by atoms with Crippen molar-refractivity contribution in [3.8, 4) is 0 Å². The summed E-state index contributed by atoms with van der Waals surface area (Å²) < 4.78 is 0. The number of carbonyl (C=O) groups excluding carboxylic acids is 2. The predicted molar refractivity (Wildman–Crippen MR) is 115 cm³/mol. The Balaban J connectivity index is 1.87. The molecule has 3 aromatic carbocycles.